The van der Waals surface area contributed by atoms with Crippen LogP contribution in [0.2, 0.25) is 0 Å². The quantitative estimate of drug-likeness (QED) is 0.0248. The van der Waals surface area contributed by atoms with Crippen molar-refractivity contribution in [1.29, 1.82) is 0 Å². The summed E-state index contributed by atoms with van der Waals surface area (Å²) >= 11 is 0. The molecule has 24 nitrogen and oxygen atoms in total. The van der Waals surface area contributed by atoms with Crippen LogP contribution in [0.5, 0.6) is 0 Å². The van der Waals surface area contributed by atoms with Crippen molar-refractivity contribution in [2.75, 3.05) is 56.9 Å². The molecule has 0 atom stereocenters. The van der Waals surface area contributed by atoms with Crippen LogP contribution in [0, 0.1) is 51.4 Å². The van der Waals surface area contributed by atoms with E-state index in [0.717, 1.165) is 89.1 Å². The summed E-state index contributed by atoms with van der Waals surface area (Å²) in [5.41, 5.74) is 29.7. The predicted octanol–water partition coefficient (Wildman–Crippen LogP) is 19.9. The van der Waals surface area contributed by atoms with E-state index in [4.69, 9.17) is 57.8 Å². The van der Waals surface area contributed by atoms with Crippen LogP contribution in [-0.2, 0) is 102 Å². The molecule has 14 heterocycles. The van der Waals surface area contributed by atoms with Gasteiger partial charge in [-0.2, -0.15) is 0 Å². The zero-order valence-electron chi connectivity index (χ0n) is 77.2. The Kier molecular flexibility index (Phi) is 27.4. The highest BCUT2D eigenvalue weighted by Crippen LogP contribution is 2.49. The van der Waals surface area contributed by atoms with E-state index in [2.05, 4.69) is 43.6 Å². The minimum atomic E-state index is -0.427. The third kappa shape index (κ3) is 18.6. The minimum absolute atomic E-state index is 0.00379. The second kappa shape index (κ2) is 39.5. The molecular formula is C108H104N8O16. The normalized spacial score (nSPS) is 12.5. The molecule has 0 saturated heterocycles. The van der Waals surface area contributed by atoms with Gasteiger partial charge in [0.2, 0.25) is 0 Å². The van der Waals surface area contributed by atoms with Gasteiger partial charge >= 0.3 is 47.8 Å². The summed E-state index contributed by atoms with van der Waals surface area (Å²) in [5.74, 6) is 10.9. The Morgan fingerprint density at radius 1 is 0.258 bits per heavy atom. The Balaban J connectivity index is 1.14. The van der Waals surface area contributed by atoms with Crippen LogP contribution < -0.4 is 0 Å². The van der Waals surface area contributed by atoms with Gasteiger partial charge in [0.05, 0.1) is 124 Å². The zero-order valence-corrected chi connectivity index (χ0v) is 77.2. The molecule has 0 saturated carbocycles. The van der Waals surface area contributed by atoms with Crippen LogP contribution in [0.1, 0.15) is 217 Å². The molecule has 0 fully saturated rings. The number of carbonyl (C=O) groups excluding carboxylic acids is 8. The number of allylic oxidation sites excluding steroid dienone is 8. The Morgan fingerprint density at radius 3 is 0.621 bits per heavy atom. The van der Waals surface area contributed by atoms with Gasteiger partial charge in [0, 0.05) is 118 Å². The maximum absolute atomic E-state index is 13.6. The van der Waals surface area contributed by atoms with Crippen LogP contribution in [-0.4, -0.2) is 145 Å². The van der Waals surface area contributed by atoms with Crippen LogP contribution in [0.15, 0.2) is 121 Å². The molecule has 672 valence electrons. The molecular weight excluding hydrogens is 1670 g/mol. The number of aryl methyl sites for hydroxylation is 8. The van der Waals surface area contributed by atoms with E-state index >= 15 is 0 Å². The molecule has 24 heteroatoms. The van der Waals surface area contributed by atoms with Gasteiger partial charge in [-0.05, 0) is 291 Å². The minimum Gasteiger partial charge on any atom is -0.469 e. The molecule has 132 heavy (non-hydrogen) atoms. The first kappa shape index (κ1) is 91.7. The molecule has 10 aromatic rings. The van der Waals surface area contributed by atoms with Crippen molar-refractivity contribution in [1.82, 2.24) is 39.9 Å². The SMILES string of the molecule is COC(=O)CCC1=C(C)c2nc1cc1[nH]c(c(C)c1CCC(=O)OC)c1c3nc(cc4[nH]c(c(C)c4CCC(=O)OC)c2-c2cccc(c2)C#Cc2cccc(c2)-c2c4nc(cc5[nH]c(c(C)c5CCC(=O)OC)c(c5nc(cc6[nH]c2c(C)c6CCC(=O)OC)C(CCC(=O)OC)=C5C)-c2cccc(c2)C#Cc2cccc-1c2)C(CCC(=O)OC)=C4C)C(CCC(=O)OC)=C3C. The Bertz CT molecular complexity index is 6350. The van der Waals surface area contributed by atoms with Crippen molar-refractivity contribution < 1.29 is 76.3 Å². The highest BCUT2D eigenvalue weighted by molar-refractivity contribution is 6.08. The second-order valence-electron chi connectivity index (χ2n) is 33.4. The van der Waals surface area contributed by atoms with Gasteiger partial charge in [-0.25, -0.2) is 19.9 Å². The molecule has 18 rings (SSSR count). The number of nitrogens with zero attached hydrogens (tertiary/aromatic N) is 4. The molecule has 28 bridgehead atoms. The number of nitrogens with one attached hydrogen (secondary N) is 4. The first-order chi connectivity index (χ1) is 63.7. The lowest BCUT2D eigenvalue weighted by molar-refractivity contribution is -0.141. The number of benzene rings is 4. The lowest BCUT2D eigenvalue weighted by Gasteiger charge is -2.10. The zero-order chi connectivity index (χ0) is 93.6. The van der Waals surface area contributed by atoms with Gasteiger partial charge < -0.3 is 57.8 Å². The number of ether oxygens (including phenoxy) is 8. The van der Waals surface area contributed by atoms with Crippen molar-refractivity contribution in [2.45, 2.75) is 158 Å². The summed E-state index contributed by atoms with van der Waals surface area (Å²) in [4.78, 5) is 147. The van der Waals surface area contributed by atoms with Gasteiger partial charge in [-0.15, -0.1) is 0 Å². The molecule has 4 aromatic carbocycles. The lowest BCUT2D eigenvalue weighted by atomic mass is 9.93. The molecule has 0 unspecified atom stereocenters. The summed E-state index contributed by atoms with van der Waals surface area (Å²) in [6, 6.07) is 39.5. The molecule has 8 aliphatic rings. The molecule has 8 aliphatic heterocycles. The van der Waals surface area contributed by atoms with E-state index in [1.165, 1.54) is 56.9 Å². The average Bonchev–Trinajstić information content (AvgIpc) is 1.59. The predicted molar refractivity (Wildman–Crippen MR) is 511 cm³/mol. The summed E-state index contributed by atoms with van der Waals surface area (Å²) < 4.78 is 42.7. The fourth-order valence-corrected chi connectivity index (χ4v) is 18.6. The Hall–Kier alpha value is -15.0. The van der Waals surface area contributed by atoms with Crippen molar-refractivity contribution in [2.24, 2.45) is 0 Å². The fourth-order valence-electron chi connectivity index (χ4n) is 18.6. The fraction of sp³-hybridized carbons (Fsp3) is 0.296. The molecule has 0 aliphatic carbocycles. The van der Waals surface area contributed by atoms with Gasteiger partial charge in [-0.1, -0.05) is 72.2 Å². The highest BCUT2D eigenvalue weighted by Gasteiger charge is 2.33. The number of aromatic amines is 4. The lowest BCUT2D eigenvalue weighted by Crippen LogP contribution is -2.02. The Labute approximate surface area is 765 Å². The summed E-state index contributed by atoms with van der Waals surface area (Å²) in [6.45, 7) is 16.0. The number of carbonyl (C=O) groups is 8. The number of rotatable bonds is 24. The van der Waals surface area contributed by atoms with E-state index in [-0.39, 0.29) is 103 Å². The van der Waals surface area contributed by atoms with Crippen molar-refractivity contribution >= 4 is 136 Å². The van der Waals surface area contributed by atoms with Gasteiger partial charge in [0.1, 0.15) is 0 Å². The third-order valence-corrected chi connectivity index (χ3v) is 25.9. The summed E-state index contributed by atoms with van der Waals surface area (Å²) in [6.07, 6.45) is 1.81. The first-order valence-electron chi connectivity index (χ1n) is 44.1. The molecule has 6 aromatic heterocycles. The monoisotopic (exact) mass is 1770 g/mol. The number of hydrogen-bond donors (Lipinski definition) is 4. The van der Waals surface area contributed by atoms with E-state index in [9.17, 15) is 38.4 Å². The summed E-state index contributed by atoms with van der Waals surface area (Å²) in [7, 11) is 10.9. The topological polar surface area (TPSA) is 325 Å². The standard InChI is InChI=1S/C108H104N8O16/c1-57-73(33-41-89(117)125-9)81-53-82-75(35-43-91(119)127-11)59(3)103(111-82)98-70-26-19-23-67(51-70)31-32-68-24-20-28-72(52-68)100-107-63(7)79(39-47-95(123)131-15)87(115-107)55-85-77(37-45-93(121)129-13)61(5)105(113-85)99(106-62(6)78(38-46-94(122)130-14)86(114-106)56-88-80(40-48-96(124)132-16)64(8)108(100)116-88)71-27-18-22-66(50-71)30-29-65-21-17-25-69(49-65)97(101(57)109-81)102-58(2)74(34-42-90(118)126-10)83(110-102)54-84-76(36-44-92(120)128-12)60(4)104(98)112-84/h17-28,49-56,109,112-113,116H,33-48H2,1-16H3. The molecule has 0 radical (unpaired) electrons. The maximum Gasteiger partial charge on any atom is 0.305 e. The smallest absolute Gasteiger partial charge is 0.305 e. The second-order valence-corrected chi connectivity index (χ2v) is 33.4. The van der Waals surface area contributed by atoms with Gasteiger partial charge in [-0.3, -0.25) is 38.4 Å². The van der Waals surface area contributed by atoms with E-state index in [0.29, 0.717) is 156 Å². The van der Waals surface area contributed by atoms with Gasteiger partial charge in [0.15, 0.2) is 0 Å². The number of aromatic nitrogens is 8. The van der Waals surface area contributed by atoms with Crippen molar-refractivity contribution in [3.63, 3.8) is 0 Å². The third-order valence-electron chi connectivity index (χ3n) is 25.9. The first-order valence-corrected chi connectivity index (χ1v) is 44.1. The largest absolute Gasteiger partial charge is 0.469 e. The van der Waals surface area contributed by atoms with Crippen molar-refractivity contribution in [3.05, 3.63) is 234 Å². The maximum atomic E-state index is 13.6. The molecule has 0 spiro atoms. The van der Waals surface area contributed by atoms with Crippen LogP contribution in [0.25, 0.3) is 133 Å². The molecule has 4 N–H and O–H groups in total. The number of esters is 8. The van der Waals surface area contributed by atoms with Gasteiger partial charge in [0.25, 0.3) is 0 Å². The number of methoxy groups -OCH3 is 8. The Morgan fingerprint density at radius 2 is 0.439 bits per heavy atom. The van der Waals surface area contributed by atoms with Crippen LogP contribution in [0.4, 0.5) is 0 Å². The average molecular weight is 1770 g/mol. The van der Waals surface area contributed by atoms with Crippen LogP contribution >= 0.6 is 0 Å². The summed E-state index contributed by atoms with van der Waals surface area (Å²) in [5, 5.41) is 0. The number of H-pyrrole nitrogens is 4. The van der Waals surface area contributed by atoms with Crippen LogP contribution in [0.3, 0.4) is 0 Å². The highest BCUT2D eigenvalue weighted by atomic mass is 16.5. The van der Waals surface area contributed by atoms with E-state index < -0.39 is 47.8 Å². The van der Waals surface area contributed by atoms with E-state index in [1.54, 1.807) is 0 Å². The number of hydrogen-bond acceptors (Lipinski definition) is 20. The van der Waals surface area contributed by atoms with E-state index in [1.807, 2.05) is 177 Å². The van der Waals surface area contributed by atoms with Crippen molar-refractivity contribution in [3.8, 4) is 68.2 Å². The molecule has 0 amide bonds.